The first-order valence-electron chi connectivity index (χ1n) is 5.50. The molecule has 17 heavy (non-hydrogen) atoms. The van der Waals surface area contributed by atoms with Crippen LogP contribution in [0.2, 0.25) is 5.02 Å². The number of aryl methyl sites for hydroxylation is 1. The van der Waals surface area contributed by atoms with Gasteiger partial charge < -0.3 is 4.57 Å². The Morgan fingerprint density at radius 3 is 2.88 bits per heavy atom. The van der Waals surface area contributed by atoms with E-state index < -0.39 is 0 Å². The summed E-state index contributed by atoms with van der Waals surface area (Å²) >= 11 is 6.11. The molecule has 0 amide bonds. The molecule has 1 aliphatic carbocycles. The minimum atomic E-state index is -0.313. The molecule has 2 aromatic rings. The summed E-state index contributed by atoms with van der Waals surface area (Å²) < 4.78 is 1.99. The molecule has 1 heterocycles. The molecule has 1 aromatic heterocycles. The van der Waals surface area contributed by atoms with Gasteiger partial charge in [-0.15, -0.1) is 0 Å². The Morgan fingerprint density at radius 2 is 2.24 bits per heavy atom. The Bertz CT molecular complexity index is 649. The van der Waals surface area contributed by atoms with Gasteiger partial charge in [0.1, 0.15) is 0 Å². The van der Waals surface area contributed by atoms with Gasteiger partial charge in [0.2, 0.25) is 6.08 Å². The summed E-state index contributed by atoms with van der Waals surface area (Å²) in [7, 11) is 1.96. The van der Waals surface area contributed by atoms with Crippen molar-refractivity contribution in [1.29, 1.82) is 0 Å². The van der Waals surface area contributed by atoms with Crippen molar-refractivity contribution in [3.05, 3.63) is 35.0 Å². The summed E-state index contributed by atoms with van der Waals surface area (Å²) in [5.74, 6) is 0. The lowest BCUT2D eigenvalue weighted by Crippen LogP contribution is -2.02. The van der Waals surface area contributed by atoms with E-state index in [2.05, 4.69) is 11.1 Å². The number of aromatic nitrogens is 1. The molecule has 0 spiro atoms. The predicted octanol–water partition coefficient (Wildman–Crippen LogP) is 3.16. The highest BCUT2D eigenvalue weighted by molar-refractivity contribution is 6.35. The number of carbonyl (C=O) groups excluding carboxylic acids is 1. The minimum absolute atomic E-state index is 0.313. The molecule has 4 heteroatoms. The van der Waals surface area contributed by atoms with Crippen molar-refractivity contribution in [2.75, 3.05) is 0 Å². The van der Waals surface area contributed by atoms with E-state index in [1.165, 1.54) is 0 Å². The standard InChI is InChI=1S/C13H11ClN2O/c1-16-7-11(14)10-3-2-9(6-12(10)16)13(4-5-13)15-8-17/h2-3,6-7H,4-5H2,1H3. The van der Waals surface area contributed by atoms with E-state index in [0.717, 1.165) is 34.3 Å². The lowest BCUT2D eigenvalue weighted by Gasteiger charge is -2.08. The molecular formula is C13H11ClN2O. The van der Waals surface area contributed by atoms with Crippen molar-refractivity contribution < 1.29 is 4.79 Å². The van der Waals surface area contributed by atoms with E-state index in [0.29, 0.717) is 0 Å². The van der Waals surface area contributed by atoms with Gasteiger partial charge in [-0.25, -0.2) is 4.79 Å². The second-order valence-corrected chi connectivity index (χ2v) is 4.96. The molecule has 86 valence electrons. The summed E-state index contributed by atoms with van der Waals surface area (Å²) in [6.45, 7) is 0. The zero-order chi connectivity index (χ0) is 12.0. The number of hydrogen-bond acceptors (Lipinski definition) is 2. The lowest BCUT2D eigenvalue weighted by molar-refractivity contribution is 0.556. The predicted molar refractivity (Wildman–Crippen MR) is 67.0 cm³/mol. The molecule has 1 fully saturated rings. The second-order valence-electron chi connectivity index (χ2n) is 4.55. The monoisotopic (exact) mass is 246 g/mol. The number of hydrogen-bond donors (Lipinski definition) is 0. The molecule has 0 N–H and O–H groups in total. The summed E-state index contributed by atoms with van der Waals surface area (Å²) in [5, 5.41) is 1.78. The zero-order valence-electron chi connectivity index (χ0n) is 9.40. The van der Waals surface area contributed by atoms with Crippen molar-refractivity contribution in [3.63, 3.8) is 0 Å². The fourth-order valence-electron chi connectivity index (χ4n) is 2.29. The Morgan fingerprint density at radius 1 is 1.47 bits per heavy atom. The largest absolute Gasteiger partial charge is 0.349 e. The van der Waals surface area contributed by atoms with Gasteiger partial charge in [0, 0.05) is 24.1 Å². The van der Waals surface area contributed by atoms with Crippen LogP contribution in [0, 0.1) is 0 Å². The van der Waals surface area contributed by atoms with Crippen LogP contribution in [0.15, 0.2) is 29.4 Å². The molecule has 1 aliphatic rings. The number of nitrogens with zero attached hydrogens (tertiary/aromatic N) is 2. The van der Waals surface area contributed by atoms with Crippen molar-refractivity contribution in [3.8, 4) is 0 Å². The highest BCUT2D eigenvalue weighted by Crippen LogP contribution is 2.49. The summed E-state index contributed by atoms with van der Waals surface area (Å²) in [4.78, 5) is 14.4. The summed E-state index contributed by atoms with van der Waals surface area (Å²) in [6.07, 6.45) is 5.41. The first-order valence-corrected chi connectivity index (χ1v) is 5.88. The molecule has 0 aliphatic heterocycles. The number of rotatable bonds is 2. The van der Waals surface area contributed by atoms with Crippen molar-refractivity contribution in [2.24, 2.45) is 12.0 Å². The van der Waals surface area contributed by atoms with Crippen LogP contribution in [-0.2, 0) is 17.4 Å². The third-order valence-electron chi connectivity index (χ3n) is 3.46. The number of benzene rings is 1. The topological polar surface area (TPSA) is 34.4 Å². The SMILES string of the molecule is Cn1cc(Cl)c2ccc(C3(N=C=O)CC3)cc21. The molecule has 1 aromatic carbocycles. The van der Waals surface area contributed by atoms with Gasteiger partial charge in [-0.3, -0.25) is 0 Å². The van der Waals surface area contributed by atoms with Crippen molar-refractivity contribution >= 4 is 28.6 Å². The van der Waals surface area contributed by atoms with Gasteiger partial charge in [-0.1, -0.05) is 23.7 Å². The number of isocyanates is 1. The Hall–Kier alpha value is -1.57. The van der Waals surface area contributed by atoms with Crippen LogP contribution in [-0.4, -0.2) is 10.6 Å². The average Bonchev–Trinajstić information content (AvgIpc) is 3.04. The van der Waals surface area contributed by atoms with Gasteiger partial charge in [0.05, 0.1) is 10.6 Å². The van der Waals surface area contributed by atoms with Gasteiger partial charge in [0.15, 0.2) is 0 Å². The van der Waals surface area contributed by atoms with E-state index in [1.807, 2.05) is 29.9 Å². The van der Waals surface area contributed by atoms with Gasteiger partial charge >= 0.3 is 0 Å². The molecule has 0 radical (unpaired) electrons. The van der Waals surface area contributed by atoms with Gasteiger partial charge in [-0.05, 0) is 24.5 Å². The van der Waals surface area contributed by atoms with Crippen LogP contribution in [0.5, 0.6) is 0 Å². The second kappa shape index (κ2) is 3.46. The summed E-state index contributed by atoms with van der Waals surface area (Å²) in [6, 6.07) is 6.06. The van der Waals surface area contributed by atoms with Gasteiger partial charge in [0.25, 0.3) is 0 Å². The van der Waals surface area contributed by atoms with Crippen molar-refractivity contribution in [2.45, 2.75) is 18.4 Å². The zero-order valence-corrected chi connectivity index (χ0v) is 10.2. The van der Waals surface area contributed by atoms with E-state index >= 15 is 0 Å². The maximum Gasteiger partial charge on any atom is 0.235 e. The van der Waals surface area contributed by atoms with E-state index in [4.69, 9.17) is 11.6 Å². The lowest BCUT2D eigenvalue weighted by atomic mass is 10.0. The van der Waals surface area contributed by atoms with Crippen LogP contribution in [0.1, 0.15) is 18.4 Å². The Kier molecular flexibility index (Phi) is 2.15. The van der Waals surface area contributed by atoms with Crippen LogP contribution in [0.3, 0.4) is 0 Å². The number of halogens is 1. The molecule has 0 bridgehead atoms. The fraction of sp³-hybridized carbons (Fsp3) is 0.308. The third kappa shape index (κ3) is 1.51. The smallest absolute Gasteiger partial charge is 0.235 e. The number of aliphatic imine (C=N–C) groups is 1. The summed E-state index contributed by atoms with van der Waals surface area (Å²) in [5.41, 5.74) is 1.83. The average molecular weight is 247 g/mol. The Labute approximate surface area is 104 Å². The fourth-order valence-corrected chi connectivity index (χ4v) is 2.60. The van der Waals surface area contributed by atoms with Crippen LogP contribution < -0.4 is 0 Å². The normalized spacial score (nSPS) is 16.8. The highest BCUT2D eigenvalue weighted by Gasteiger charge is 2.44. The molecule has 0 saturated heterocycles. The molecule has 3 rings (SSSR count). The molecule has 0 atom stereocenters. The maximum atomic E-state index is 10.5. The highest BCUT2D eigenvalue weighted by atomic mass is 35.5. The molecule has 1 saturated carbocycles. The third-order valence-corrected chi connectivity index (χ3v) is 3.76. The maximum absolute atomic E-state index is 10.5. The first-order chi connectivity index (χ1) is 8.16. The Balaban J connectivity index is 2.20. The van der Waals surface area contributed by atoms with Crippen molar-refractivity contribution in [1.82, 2.24) is 4.57 Å². The number of fused-ring (bicyclic) bond motifs is 1. The van der Waals surface area contributed by atoms with E-state index in [1.54, 1.807) is 6.08 Å². The quantitative estimate of drug-likeness (QED) is 0.592. The van der Waals surface area contributed by atoms with E-state index in [9.17, 15) is 4.79 Å². The minimum Gasteiger partial charge on any atom is -0.349 e. The molecular weight excluding hydrogens is 236 g/mol. The van der Waals surface area contributed by atoms with Crippen LogP contribution in [0.25, 0.3) is 10.9 Å². The van der Waals surface area contributed by atoms with Gasteiger partial charge in [-0.2, -0.15) is 4.99 Å². The first kappa shape index (κ1) is 10.6. The van der Waals surface area contributed by atoms with Crippen LogP contribution >= 0.6 is 11.6 Å². The van der Waals surface area contributed by atoms with E-state index in [-0.39, 0.29) is 5.54 Å². The van der Waals surface area contributed by atoms with Crippen LogP contribution in [0.4, 0.5) is 0 Å². The molecule has 0 unspecified atom stereocenters. The molecule has 3 nitrogen and oxygen atoms in total.